The number of hydrogen-bond acceptors (Lipinski definition) is 3. The standard InChI is InChI=1S/C15H18ClNO3/c1-10(14(18)17-11-6-2-3-7-11)20-15(19)12-8-4-5-9-13(12)16/h4-5,8-11H,2-3,6-7H2,1H3,(H,17,18). The molecule has 0 saturated heterocycles. The summed E-state index contributed by atoms with van der Waals surface area (Å²) in [6.07, 6.45) is 3.45. The maximum atomic E-state index is 11.9. The second-order valence-electron chi connectivity index (χ2n) is 5.02. The quantitative estimate of drug-likeness (QED) is 0.869. The van der Waals surface area contributed by atoms with Gasteiger partial charge in [0.2, 0.25) is 0 Å². The number of halogens is 1. The van der Waals surface area contributed by atoms with E-state index < -0.39 is 12.1 Å². The van der Waals surface area contributed by atoms with Crippen LogP contribution in [0.1, 0.15) is 43.0 Å². The predicted molar refractivity (Wildman–Crippen MR) is 76.7 cm³/mol. The topological polar surface area (TPSA) is 55.4 Å². The van der Waals surface area contributed by atoms with Crippen molar-refractivity contribution in [3.05, 3.63) is 34.9 Å². The first-order chi connectivity index (χ1) is 9.58. The van der Waals surface area contributed by atoms with Crippen LogP contribution in [0.5, 0.6) is 0 Å². The van der Waals surface area contributed by atoms with Gasteiger partial charge in [0.1, 0.15) is 0 Å². The monoisotopic (exact) mass is 295 g/mol. The highest BCUT2D eigenvalue weighted by molar-refractivity contribution is 6.33. The molecule has 0 aromatic heterocycles. The summed E-state index contributed by atoms with van der Waals surface area (Å²) in [6, 6.07) is 6.83. The maximum Gasteiger partial charge on any atom is 0.340 e. The Balaban J connectivity index is 1.90. The van der Waals surface area contributed by atoms with E-state index in [9.17, 15) is 9.59 Å². The minimum absolute atomic E-state index is 0.212. The Kier molecular flexibility index (Phi) is 5.01. The van der Waals surface area contributed by atoms with Gasteiger partial charge in [-0.15, -0.1) is 0 Å². The first-order valence-corrected chi connectivity index (χ1v) is 7.21. The molecule has 1 N–H and O–H groups in total. The molecule has 1 aliphatic carbocycles. The van der Waals surface area contributed by atoms with Gasteiger partial charge in [-0.1, -0.05) is 36.6 Å². The van der Waals surface area contributed by atoms with Crippen LogP contribution in [0.4, 0.5) is 0 Å². The highest BCUT2D eigenvalue weighted by atomic mass is 35.5. The van der Waals surface area contributed by atoms with E-state index >= 15 is 0 Å². The zero-order valence-corrected chi connectivity index (χ0v) is 12.2. The van der Waals surface area contributed by atoms with Gasteiger partial charge in [0, 0.05) is 6.04 Å². The highest BCUT2D eigenvalue weighted by Gasteiger charge is 2.24. The molecule has 108 valence electrons. The molecule has 0 heterocycles. The largest absolute Gasteiger partial charge is 0.449 e. The molecule has 1 atom stereocenters. The predicted octanol–water partition coefficient (Wildman–Crippen LogP) is 2.94. The molecule has 0 spiro atoms. The van der Waals surface area contributed by atoms with Gasteiger partial charge < -0.3 is 10.1 Å². The fraction of sp³-hybridized carbons (Fsp3) is 0.467. The summed E-state index contributed by atoms with van der Waals surface area (Å²) < 4.78 is 5.15. The Hall–Kier alpha value is -1.55. The van der Waals surface area contributed by atoms with Crippen molar-refractivity contribution in [1.82, 2.24) is 5.32 Å². The number of carbonyl (C=O) groups is 2. The fourth-order valence-electron chi connectivity index (χ4n) is 2.29. The average Bonchev–Trinajstić information content (AvgIpc) is 2.91. The normalized spacial score (nSPS) is 16.7. The van der Waals surface area contributed by atoms with Crippen molar-refractivity contribution in [2.45, 2.75) is 44.8 Å². The molecule has 5 heteroatoms. The molecule has 1 fully saturated rings. The van der Waals surface area contributed by atoms with E-state index in [1.165, 1.54) is 0 Å². The lowest BCUT2D eigenvalue weighted by atomic mass is 10.2. The van der Waals surface area contributed by atoms with Crippen LogP contribution in [0, 0.1) is 0 Å². The number of amides is 1. The molecule has 0 aliphatic heterocycles. The van der Waals surface area contributed by atoms with E-state index in [1.807, 2.05) is 0 Å². The Bertz CT molecular complexity index is 498. The molecule has 1 saturated carbocycles. The van der Waals surface area contributed by atoms with Gasteiger partial charge in [0.25, 0.3) is 5.91 Å². The van der Waals surface area contributed by atoms with Gasteiger partial charge in [-0.2, -0.15) is 0 Å². The van der Waals surface area contributed by atoms with E-state index in [1.54, 1.807) is 31.2 Å². The molecule has 0 bridgehead atoms. The van der Waals surface area contributed by atoms with Crippen molar-refractivity contribution in [1.29, 1.82) is 0 Å². The average molecular weight is 296 g/mol. The molecular weight excluding hydrogens is 278 g/mol. The Morgan fingerprint density at radius 2 is 1.95 bits per heavy atom. The third kappa shape index (κ3) is 3.73. The SMILES string of the molecule is CC(OC(=O)c1ccccc1Cl)C(=O)NC1CCCC1. The second kappa shape index (κ2) is 6.75. The van der Waals surface area contributed by atoms with Crippen molar-refractivity contribution >= 4 is 23.5 Å². The summed E-state index contributed by atoms with van der Waals surface area (Å²) >= 11 is 5.92. The van der Waals surface area contributed by atoms with Crippen LogP contribution >= 0.6 is 11.6 Å². The molecule has 1 amide bonds. The van der Waals surface area contributed by atoms with Crippen molar-refractivity contribution in [2.24, 2.45) is 0 Å². The zero-order chi connectivity index (χ0) is 14.5. The molecule has 0 radical (unpaired) electrons. The number of benzene rings is 1. The van der Waals surface area contributed by atoms with Crippen LogP contribution in [0.3, 0.4) is 0 Å². The van der Waals surface area contributed by atoms with Crippen LogP contribution in [0.15, 0.2) is 24.3 Å². The minimum atomic E-state index is -0.820. The molecule has 20 heavy (non-hydrogen) atoms. The smallest absolute Gasteiger partial charge is 0.340 e. The van der Waals surface area contributed by atoms with E-state index in [0.29, 0.717) is 5.02 Å². The number of rotatable bonds is 4. The Morgan fingerprint density at radius 3 is 2.60 bits per heavy atom. The molecule has 1 unspecified atom stereocenters. The third-order valence-corrected chi connectivity index (χ3v) is 3.78. The lowest BCUT2D eigenvalue weighted by Gasteiger charge is -2.17. The van der Waals surface area contributed by atoms with Gasteiger partial charge in [-0.3, -0.25) is 4.79 Å². The van der Waals surface area contributed by atoms with Crippen LogP contribution in [0.25, 0.3) is 0 Å². The third-order valence-electron chi connectivity index (χ3n) is 3.45. The first kappa shape index (κ1) is 14.9. The van der Waals surface area contributed by atoms with Crippen LogP contribution in [-0.4, -0.2) is 24.0 Å². The number of hydrogen-bond donors (Lipinski definition) is 1. The first-order valence-electron chi connectivity index (χ1n) is 6.84. The second-order valence-corrected chi connectivity index (χ2v) is 5.42. The molecule has 1 aromatic carbocycles. The Labute approximate surface area is 123 Å². The van der Waals surface area contributed by atoms with Gasteiger partial charge >= 0.3 is 5.97 Å². The molecule has 2 rings (SSSR count). The number of esters is 1. The molecule has 1 aromatic rings. The lowest BCUT2D eigenvalue weighted by molar-refractivity contribution is -0.129. The molecule has 1 aliphatic rings. The summed E-state index contributed by atoms with van der Waals surface area (Å²) in [5, 5.41) is 3.22. The van der Waals surface area contributed by atoms with Gasteiger partial charge in [0.05, 0.1) is 10.6 Å². The Morgan fingerprint density at radius 1 is 1.30 bits per heavy atom. The summed E-state index contributed by atoms with van der Waals surface area (Å²) in [4.78, 5) is 23.9. The van der Waals surface area contributed by atoms with E-state index in [4.69, 9.17) is 16.3 Å². The van der Waals surface area contributed by atoms with Crippen molar-refractivity contribution in [2.75, 3.05) is 0 Å². The minimum Gasteiger partial charge on any atom is -0.449 e. The van der Waals surface area contributed by atoms with Gasteiger partial charge in [-0.05, 0) is 31.9 Å². The van der Waals surface area contributed by atoms with E-state index in [0.717, 1.165) is 25.7 Å². The zero-order valence-electron chi connectivity index (χ0n) is 11.4. The van der Waals surface area contributed by atoms with Crippen molar-refractivity contribution in [3.63, 3.8) is 0 Å². The number of carbonyl (C=O) groups excluding carboxylic acids is 2. The van der Waals surface area contributed by atoms with E-state index in [2.05, 4.69) is 5.32 Å². The maximum absolute atomic E-state index is 11.9. The highest BCUT2D eigenvalue weighted by Crippen LogP contribution is 2.19. The van der Waals surface area contributed by atoms with Crippen LogP contribution in [-0.2, 0) is 9.53 Å². The number of ether oxygens (including phenoxy) is 1. The van der Waals surface area contributed by atoms with Gasteiger partial charge in [-0.25, -0.2) is 4.79 Å². The lowest BCUT2D eigenvalue weighted by Crippen LogP contribution is -2.40. The van der Waals surface area contributed by atoms with Crippen molar-refractivity contribution < 1.29 is 14.3 Å². The van der Waals surface area contributed by atoms with Crippen molar-refractivity contribution in [3.8, 4) is 0 Å². The van der Waals surface area contributed by atoms with Crippen LogP contribution < -0.4 is 5.32 Å². The number of nitrogens with one attached hydrogen (secondary N) is 1. The molecular formula is C15H18ClNO3. The summed E-state index contributed by atoms with van der Waals surface area (Å²) in [5.74, 6) is -0.832. The summed E-state index contributed by atoms with van der Waals surface area (Å²) in [5.41, 5.74) is 0.273. The summed E-state index contributed by atoms with van der Waals surface area (Å²) in [7, 11) is 0. The molecule has 4 nitrogen and oxygen atoms in total. The van der Waals surface area contributed by atoms with Gasteiger partial charge in [0.15, 0.2) is 6.10 Å². The fourth-order valence-corrected chi connectivity index (χ4v) is 2.51. The summed E-state index contributed by atoms with van der Waals surface area (Å²) in [6.45, 7) is 1.57. The van der Waals surface area contributed by atoms with Crippen LogP contribution in [0.2, 0.25) is 5.02 Å². The van der Waals surface area contributed by atoms with E-state index in [-0.39, 0.29) is 17.5 Å².